The van der Waals surface area contributed by atoms with Crippen LogP contribution >= 0.6 is 11.3 Å². The van der Waals surface area contributed by atoms with Crippen LogP contribution in [0.3, 0.4) is 0 Å². The van der Waals surface area contributed by atoms with E-state index < -0.39 is 10.0 Å². The number of benzene rings is 1. The molecular formula is C14H15NO3S2. The summed E-state index contributed by atoms with van der Waals surface area (Å²) in [5.41, 5.74) is 0.503. The highest BCUT2D eigenvalue weighted by Crippen LogP contribution is 2.33. The summed E-state index contributed by atoms with van der Waals surface area (Å²) < 4.78 is 32.2. The van der Waals surface area contributed by atoms with Crippen LogP contribution in [0.25, 0.3) is 0 Å². The van der Waals surface area contributed by atoms with E-state index in [2.05, 4.69) is 6.58 Å². The number of methoxy groups -OCH3 is 1. The number of para-hydroxylation sites is 2. The summed E-state index contributed by atoms with van der Waals surface area (Å²) in [6.45, 7) is 3.81. The highest BCUT2D eigenvalue weighted by atomic mass is 32.2. The third-order valence-corrected chi connectivity index (χ3v) is 5.84. The number of thiophene rings is 1. The molecule has 1 aromatic heterocycles. The van der Waals surface area contributed by atoms with Crippen LogP contribution in [0.5, 0.6) is 5.75 Å². The molecule has 0 saturated carbocycles. The molecule has 0 aliphatic heterocycles. The van der Waals surface area contributed by atoms with Gasteiger partial charge in [0.05, 0.1) is 19.3 Å². The number of ether oxygens (including phenoxy) is 1. The topological polar surface area (TPSA) is 46.6 Å². The van der Waals surface area contributed by atoms with Gasteiger partial charge >= 0.3 is 0 Å². The van der Waals surface area contributed by atoms with Crippen LogP contribution < -0.4 is 9.04 Å². The lowest BCUT2D eigenvalue weighted by Crippen LogP contribution is -2.30. The van der Waals surface area contributed by atoms with Crippen molar-refractivity contribution in [2.75, 3.05) is 18.0 Å². The van der Waals surface area contributed by atoms with Gasteiger partial charge in [0.2, 0.25) is 0 Å². The Balaban J connectivity index is 2.54. The summed E-state index contributed by atoms with van der Waals surface area (Å²) in [7, 11) is -2.09. The van der Waals surface area contributed by atoms with Crippen molar-refractivity contribution in [2.24, 2.45) is 0 Å². The molecule has 106 valence electrons. The zero-order valence-electron chi connectivity index (χ0n) is 11.0. The maximum absolute atomic E-state index is 12.7. The van der Waals surface area contributed by atoms with Crippen LogP contribution in [0, 0.1) is 0 Å². The van der Waals surface area contributed by atoms with Gasteiger partial charge in [-0.2, -0.15) is 0 Å². The largest absolute Gasteiger partial charge is 0.495 e. The average molecular weight is 309 g/mol. The van der Waals surface area contributed by atoms with Crippen molar-refractivity contribution in [2.45, 2.75) is 4.21 Å². The second-order valence-electron chi connectivity index (χ2n) is 3.93. The fourth-order valence-electron chi connectivity index (χ4n) is 1.80. The lowest BCUT2D eigenvalue weighted by molar-refractivity contribution is 0.415. The van der Waals surface area contributed by atoms with Crippen LogP contribution in [0.4, 0.5) is 5.69 Å². The van der Waals surface area contributed by atoms with Gasteiger partial charge in [-0.05, 0) is 23.6 Å². The maximum atomic E-state index is 12.7. The molecular weight excluding hydrogens is 294 g/mol. The predicted molar refractivity (Wildman–Crippen MR) is 82.0 cm³/mol. The summed E-state index contributed by atoms with van der Waals surface area (Å²) in [4.78, 5) is 0. The average Bonchev–Trinajstić information content (AvgIpc) is 2.99. The fraction of sp³-hybridized carbons (Fsp3) is 0.143. The Bertz CT molecular complexity index is 678. The molecule has 0 N–H and O–H groups in total. The van der Waals surface area contributed by atoms with E-state index in [0.717, 1.165) is 0 Å². The number of hydrogen-bond donors (Lipinski definition) is 0. The highest BCUT2D eigenvalue weighted by Gasteiger charge is 2.26. The Kier molecular flexibility index (Phi) is 4.46. The highest BCUT2D eigenvalue weighted by molar-refractivity contribution is 7.94. The molecule has 0 fully saturated rings. The lowest BCUT2D eigenvalue weighted by Gasteiger charge is -2.24. The molecule has 2 rings (SSSR count). The zero-order valence-corrected chi connectivity index (χ0v) is 12.7. The van der Waals surface area contributed by atoms with Gasteiger partial charge in [-0.25, -0.2) is 8.42 Å². The molecule has 0 aliphatic rings. The molecule has 2 aromatic rings. The van der Waals surface area contributed by atoms with Crippen molar-refractivity contribution in [1.29, 1.82) is 0 Å². The minimum Gasteiger partial charge on any atom is -0.495 e. The van der Waals surface area contributed by atoms with E-state index >= 15 is 0 Å². The van der Waals surface area contributed by atoms with Gasteiger partial charge in [-0.1, -0.05) is 24.3 Å². The van der Waals surface area contributed by atoms with Crippen molar-refractivity contribution in [1.82, 2.24) is 0 Å². The second kappa shape index (κ2) is 6.11. The first-order valence-electron chi connectivity index (χ1n) is 5.91. The minimum atomic E-state index is -3.60. The normalized spacial score (nSPS) is 11.1. The molecule has 0 spiro atoms. The van der Waals surface area contributed by atoms with Crippen molar-refractivity contribution in [3.05, 3.63) is 54.4 Å². The standard InChI is InChI=1S/C14H15NO3S2/c1-3-10-15(12-7-4-5-8-13(12)18-2)20(16,17)14-9-6-11-19-14/h3-9,11H,1,10H2,2H3. The summed E-state index contributed by atoms with van der Waals surface area (Å²) >= 11 is 1.19. The Morgan fingerprint density at radius 3 is 2.65 bits per heavy atom. The molecule has 6 heteroatoms. The molecule has 0 saturated heterocycles. The van der Waals surface area contributed by atoms with Gasteiger partial charge in [-0.15, -0.1) is 17.9 Å². The first kappa shape index (κ1) is 14.6. The van der Waals surface area contributed by atoms with E-state index in [9.17, 15) is 8.42 Å². The smallest absolute Gasteiger partial charge is 0.274 e. The summed E-state index contributed by atoms with van der Waals surface area (Å²) in [6.07, 6.45) is 1.55. The van der Waals surface area contributed by atoms with Crippen molar-refractivity contribution >= 4 is 27.0 Å². The molecule has 4 nitrogen and oxygen atoms in total. The molecule has 0 amide bonds. The number of hydrogen-bond acceptors (Lipinski definition) is 4. The van der Waals surface area contributed by atoms with Gasteiger partial charge in [0, 0.05) is 0 Å². The first-order valence-corrected chi connectivity index (χ1v) is 8.23. The summed E-state index contributed by atoms with van der Waals surface area (Å²) in [5.74, 6) is 0.509. The Labute approximate surface area is 123 Å². The second-order valence-corrected chi connectivity index (χ2v) is 6.97. The Hall–Kier alpha value is -1.79. The monoisotopic (exact) mass is 309 g/mol. The van der Waals surface area contributed by atoms with Crippen LogP contribution in [0.2, 0.25) is 0 Å². The number of nitrogens with zero attached hydrogens (tertiary/aromatic N) is 1. The molecule has 0 radical (unpaired) electrons. The van der Waals surface area contributed by atoms with Crippen LogP contribution in [0.15, 0.2) is 58.6 Å². The van der Waals surface area contributed by atoms with Gasteiger partial charge in [-0.3, -0.25) is 4.31 Å². The fourth-order valence-corrected chi connectivity index (χ4v) is 4.35. The molecule has 0 unspecified atom stereocenters. The third kappa shape index (κ3) is 2.71. The first-order chi connectivity index (χ1) is 9.61. The molecule has 20 heavy (non-hydrogen) atoms. The SMILES string of the molecule is C=CCN(c1ccccc1OC)S(=O)(=O)c1cccs1. The number of sulfonamides is 1. The molecule has 1 aromatic carbocycles. The van der Waals surface area contributed by atoms with Crippen LogP contribution in [-0.2, 0) is 10.0 Å². The van der Waals surface area contributed by atoms with Crippen molar-refractivity contribution in [3.63, 3.8) is 0 Å². The van der Waals surface area contributed by atoms with Crippen molar-refractivity contribution in [3.8, 4) is 5.75 Å². The van der Waals surface area contributed by atoms with Crippen LogP contribution in [0.1, 0.15) is 0 Å². The molecule has 0 atom stereocenters. The summed E-state index contributed by atoms with van der Waals surface area (Å²) in [5, 5.41) is 1.74. The molecule has 0 bridgehead atoms. The van der Waals surface area contributed by atoms with E-state index in [4.69, 9.17) is 4.74 Å². The molecule has 0 aliphatic carbocycles. The van der Waals surface area contributed by atoms with Gasteiger partial charge in [0.25, 0.3) is 10.0 Å². The van der Waals surface area contributed by atoms with E-state index in [1.165, 1.54) is 22.8 Å². The molecule has 1 heterocycles. The van der Waals surface area contributed by atoms with E-state index in [0.29, 0.717) is 15.6 Å². The quantitative estimate of drug-likeness (QED) is 0.770. The number of anilines is 1. The maximum Gasteiger partial charge on any atom is 0.274 e. The minimum absolute atomic E-state index is 0.181. The van der Waals surface area contributed by atoms with Gasteiger partial charge < -0.3 is 4.74 Å². The van der Waals surface area contributed by atoms with E-state index in [-0.39, 0.29) is 6.54 Å². The third-order valence-electron chi connectivity index (χ3n) is 2.69. The summed E-state index contributed by atoms with van der Waals surface area (Å²) in [6, 6.07) is 10.3. The van der Waals surface area contributed by atoms with Gasteiger partial charge in [0.15, 0.2) is 0 Å². The van der Waals surface area contributed by atoms with Crippen LogP contribution in [-0.4, -0.2) is 22.1 Å². The van der Waals surface area contributed by atoms with E-state index in [1.807, 2.05) is 0 Å². The van der Waals surface area contributed by atoms with Gasteiger partial charge in [0.1, 0.15) is 9.96 Å². The van der Waals surface area contributed by atoms with Crippen molar-refractivity contribution < 1.29 is 13.2 Å². The Morgan fingerprint density at radius 1 is 1.30 bits per heavy atom. The lowest BCUT2D eigenvalue weighted by atomic mass is 10.3. The van der Waals surface area contributed by atoms with E-state index in [1.54, 1.807) is 47.9 Å². The Morgan fingerprint density at radius 2 is 2.05 bits per heavy atom. The number of rotatable bonds is 6. The predicted octanol–water partition coefficient (Wildman–Crippen LogP) is 3.14. The zero-order chi connectivity index (χ0) is 14.6.